The molecule has 0 radical (unpaired) electrons. The van der Waals surface area contributed by atoms with Crippen LogP contribution in [-0.2, 0) is 0 Å². The van der Waals surface area contributed by atoms with Gasteiger partial charge in [0.25, 0.3) is 0 Å². The second-order valence-corrected chi connectivity index (χ2v) is 11.1. The summed E-state index contributed by atoms with van der Waals surface area (Å²) in [6.45, 7) is 0. The van der Waals surface area contributed by atoms with E-state index < -0.39 is 0 Å². The standard InChI is InChI=1S/C40H26N4/c1-2-11-27(12-3-1)28-20-21-38-34(25-28)32-16-5-6-18-36(32)43(38)29-13-10-14-30(26-29)44-37-19-7-4-15-31(37)33-22-24-42-39(40(33)44)35-17-8-9-23-41-35/h1-26H. The molecule has 9 rings (SSSR count). The number of pyridine rings is 2. The fourth-order valence-electron chi connectivity index (χ4n) is 6.71. The van der Waals surface area contributed by atoms with Crippen LogP contribution in [0.25, 0.3) is 77.5 Å². The Morgan fingerprint density at radius 3 is 1.86 bits per heavy atom. The Kier molecular flexibility index (Phi) is 5.47. The monoisotopic (exact) mass is 562 g/mol. The van der Waals surface area contributed by atoms with Gasteiger partial charge in [0.1, 0.15) is 5.69 Å². The summed E-state index contributed by atoms with van der Waals surface area (Å²) in [6, 6.07) is 51.6. The van der Waals surface area contributed by atoms with Gasteiger partial charge in [0.2, 0.25) is 0 Å². The molecule has 0 fully saturated rings. The van der Waals surface area contributed by atoms with E-state index in [0.29, 0.717) is 0 Å². The topological polar surface area (TPSA) is 35.6 Å². The third-order valence-corrected chi connectivity index (χ3v) is 8.62. The van der Waals surface area contributed by atoms with Crippen LogP contribution in [0.1, 0.15) is 0 Å². The molecule has 0 aliphatic carbocycles. The molecule has 0 amide bonds. The zero-order chi connectivity index (χ0) is 29.0. The van der Waals surface area contributed by atoms with E-state index in [1.54, 1.807) is 0 Å². The van der Waals surface area contributed by atoms with E-state index in [0.717, 1.165) is 39.2 Å². The highest BCUT2D eigenvalue weighted by atomic mass is 15.0. The van der Waals surface area contributed by atoms with Crippen molar-refractivity contribution in [2.75, 3.05) is 0 Å². The Labute approximate surface area is 254 Å². The van der Waals surface area contributed by atoms with E-state index in [1.165, 1.54) is 38.3 Å². The summed E-state index contributed by atoms with van der Waals surface area (Å²) < 4.78 is 4.72. The van der Waals surface area contributed by atoms with Crippen LogP contribution in [0.15, 0.2) is 158 Å². The predicted octanol–water partition coefficient (Wildman–Crippen LogP) is 10.0. The first kappa shape index (κ1) is 24.6. The summed E-state index contributed by atoms with van der Waals surface area (Å²) in [6.07, 6.45) is 3.72. The predicted molar refractivity (Wildman–Crippen MR) is 182 cm³/mol. The van der Waals surface area contributed by atoms with Gasteiger partial charge in [-0.2, -0.15) is 0 Å². The normalized spacial score (nSPS) is 11.6. The number of aromatic nitrogens is 4. The summed E-state index contributed by atoms with van der Waals surface area (Å²) in [5.41, 5.74) is 10.9. The van der Waals surface area contributed by atoms with Crippen molar-refractivity contribution in [1.29, 1.82) is 0 Å². The van der Waals surface area contributed by atoms with Gasteiger partial charge in [0, 0.05) is 45.3 Å². The average Bonchev–Trinajstić information content (AvgIpc) is 3.62. The minimum atomic E-state index is 0.856. The lowest BCUT2D eigenvalue weighted by molar-refractivity contribution is 1.13. The molecule has 4 heteroatoms. The van der Waals surface area contributed by atoms with E-state index >= 15 is 0 Å². The van der Waals surface area contributed by atoms with E-state index in [-0.39, 0.29) is 0 Å². The SMILES string of the molecule is c1ccc(-c2ccc3c(c2)c2ccccc2n3-c2cccc(-n3c4ccccc4c4ccnc(-c5ccccn5)c43)c2)cc1. The average molecular weight is 563 g/mol. The van der Waals surface area contributed by atoms with Crippen LogP contribution >= 0.6 is 0 Å². The fourth-order valence-corrected chi connectivity index (χ4v) is 6.71. The third kappa shape index (κ3) is 3.71. The largest absolute Gasteiger partial charge is 0.309 e. The lowest BCUT2D eigenvalue weighted by Gasteiger charge is -2.14. The molecule has 5 aromatic carbocycles. The first-order chi connectivity index (χ1) is 21.8. The Bertz CT molecular complexity index is 2490. The Morgan fingerprint density at radius 2 is 1.07 bits per heavy atom. The van der Waals surface area contributed by atoms with Crippen molar-refractivity contribution in [3.05, 3.63) is 158 Å². The maximum atomic E-state index is 4.86. The van der Waals surface area contributed by atoms with Gasteiger partial charge in [0.15, 0.2) is 0 Å². The molecular formula is C40H26N4. The van der Waals surface area contributed by atoms with Crippen molar-refractivity contribution in [3.8, 4) is 33.9 Å². The third-order valence-electron chi connectivity index (χ3n) is 8.62. The van der Waals surface area contributed by atoms with Gasteiger partial charge < -0.3 is 9.13 Å². The molecule has 0 spiro atoms. The molecule has 206 valence electrons. The fraction of sp³-hybridized carbons (Fsp3) is 0. The van der Waals surface area contributed by atoms with Gasteiger partial charge in [0.05, 0.1) is 27.8 Å². The van der Waals surface area contributed by atoms with Gasteiger partial charge in [-0.05, 0) is 71.8 Å². The minimum absolute atomic E-state index is 0.856. The van der Waals surface area contributed by atoms with Crippen molar-refractivity contribution in [3.63, 3.8) is 0 Å². The van der Waals surface area contributed by atoms with Gasteiger partial charge in [-0.15, -0.1) is 0 Å². The zero-order valence-electron chi connectivity index (χ0n) is 23.8. The lowest BCUT2D eigenvalue weighted by Crippen LogP contribution is -2.00. The van der Waals surface area contributed by atoms with Crippen molar-refractivity contribution in [1.82, 2.24) is 19.1 Å². The second-order valence-electron chi connectivity index (χ2n) is 11.1. The molecule has 0 aliphatic heterocycles. The van der Waals surface area contributed by atoms with E-state index in [9.17, 15) is 0 Å². The van der Waals surface area contributed by atoms with Crippen LogP contribution in [0.3, 0.4) is 0 Å². The lowest BCUT2D eigenvalue weighted by atomic mass is 10.0. The number of para-hydroxylation sites is 2. The summed E-state index contributed by atoms with van der Waals surface area (Å²) >= 11 is 0. The summed E-state index contributed by atoms with van der Waals surface area (Å²) in [5, 5.41) is 4.83. The first-order valence-electron chi connectivity index (χ1n) is 14.8. The van der Waals surface area contributed by atoms with Gasteiger partial charge in [-0.3, -0.25) is 9.97 Å². The van der Waals surface area contributed by atoms with Gasteiger partial charge in [-0.1, -0.05) is 84.9 Å². The summed E-state index contributed by atoms with van der Waals surface area (Å²) in [7, 11) is 0. The van der Waals surface area contributed by atoms with Crippen LogP contribution in [-0.4, -0.2) is 19.1 Å². The quantitative estimate of drug-likeness (QED) is 0.214. The molecule has 0 aliphatic rings. The van der Waals surface area contributed by atoms with E-state index in [2.05, 4.69) is 142 Å². The molecule has 0 saturated heterocycles. The first-order valence-corrected chi connectivity index (χ1v) is 14.8. The number of fused-ring (bicyclic) bond motifs is 6. The smallest absolute Gasteiger partial charge is 0.113 e. The van der Waals surface area contributed by atoms with E-state index in [4.69, 9.17) is 4.98 Å². The molecule has 44 heavy (non-hydrogen) atoms. The number of rotatable bonds is 4. The molecule has 4 heterocycles. The highest BCUT2D eigenvalue weighted by Gasteiger charge is 2.19. The Balaban J connectivity index is 1.31. The number of benzene rings is 5. The highest BCUT2D eigenvalue weighted by molar-refractivity contribution is 6.13. The summed E-state index contributed by atoms with van der Waals surface area (Å²) in [4.78, 5) is 9.54. The second kappa shape index (κ2) is 9.79. The Hall–Kier alpha value is -6.00. The van der Waals surface area contributed by atoms with Crippen LogP contribution in [0.5, 0.6) is 0 Å². The molecule has 0 N–H and O–H groups in total. The van der Waals surface area contributed by atoms with Gasteiger partial charge >= 0.3 is 0 Å². The van der Waals surface area contributed by atoms with Crippen LogP contribution < -0.4 is 0 Å². The molecule has 0 unspecified atom stereocenters. The molecule has 0 saturated carbocycles. The molecule has 0 bridgehead atoms. The van der Waals surface area contributed by atoms with Crippen LogP contribution in [0.2, 0.25) is 0 Å². The highest BCUT2D eigenvalue weighted by Crippen LogP contribution is 2.38. The molecule has 4 aromatic heterocycles. The Morgan fingerprint density at radius 1 is 0.386 bits per heavy atom. The van der Waals surface area contributed by atoms with Gasteiger partial charge in [-0.25, -0.2) is 0 Å². The molecule has 4 nitrogen and oxygen atoms in total. The number of hydrogen-bond donors (Lipinski definition) is 0. The van der Waals surface area contributed by atoms with Crippen molar-refractivity contribution >= 4 is 43.6 Å². The van der Waals surface area contributed by atoms with Crippen molar-refractivity contribution in [2.45, 2.75) is 0 Å². The molecule has 0 atom stereocenters. The van der Waals surface area contributed by atoms with Crippen LogP contribution in [0, 0.1) is 0 Å². The summed E-state index contributed by atoms with van der Waals surface area (Å²) in [5.74, 6) is 0. The zero-order valence-corrected chi connectivity index (χ0v) is 23.8. The van der Waals surface area contributed by atoms with Crippen LogP contribution in [0.4, 0.5) is 0 Å². The molecule has 9 aromatic rings. The maximum absolute atomic E-state index is 4.86. The van der Waals surface area contributed by atoms with E-state index in [1.807, 2.05) is 30.6 Å². The number of nitrogens with zero attached hydrogens (tertiary/aromatic N) is 4. The molecular weight excluding hydrogens is 536 g/mol. The number of hydrogen-bond acceptors (Lipinski definition) is 2. The van der Waals surface area contributed by atoms with Crippen molar-refractivity contribution in [2.24, 2.45) is 0 Å². The maximum Gasteiger partial charge on any atom is 0.113 e. The minimum Gasteiger partial charge on any atom is -0.309 e. The van der Waals surface area contributed by atoms with Crippen molar-refractivity contribution < 1.29 is 0 Å².